The van der Waals surface area contributed by atoms with Gasteiger partial charge in [0.2, 0.25) is 5.78 Å². The van der Waals surface area contributed by atoms with Gasteiger partial charge in [0, 0.05) is 23.6 Å². The molecule has 0 fully saturated rings. The van der Waals surface area contributed by atoms with Gasteiger partial charge >= 0.3 is 0 Å². The van der Waals surface area contributed by atoms with Crippen LogP contribution in [-0.2, 0) is 6.54 Å². The molecule has 124 valence electrons. The molecule has 4 nitrogen and oxygen atoms in total. The van der Waals surface area contributed by atoms with E-state index < -0.39 is 0 Å². The average molecular weight is 338 g/mol. The quantitative estimate of drug-likeness (QED) is 0.491. The Balaban J connectivity index is 1.82. The van der Waals surface area contributed by atoms with Crippen molar-refractivity contribution in [3.05, 3.63) is 101 Å². The van der Waals surface area contributed by atoms with Gasteiger partial charge in [-0.25, -0.2) is 0 Å². The van der Waals surface area contributed by atoms with Crippen molar-refractivity contribution in [1.82, 2.24) is 9.55 Å². The molecule has 5 rings (SSSR count). The fraction of sp³-hybridized carbons (Fsp3) is 0.0455. The summed E-state index contributed by atoms with van der Waals surface area (Å²) in [5, 5.41) is 0.811. The Kier molecular flexibility index (Phi) is 3.12. The summed E-state index contributed by atoms with van der Waals surface area (Å²) in [6, 6.07) is 21.0. The molecule has 4 heteroatoms. The van der Waals surface area contributed by atoms with Crippen LogP contribution in [0.1, 0.15) is 37.7 Å². The lowest BCUT2D eigenvalue weighted by Gasteiger charge is -2.16. The number of ketones is 2. The Bertz CT molecular complexity index is 1190. The molecule has 2 aromatic carbocycles. The number of carbonyl (C=O) groups excluding carboxylic acids is 2. The van der Waals surface area contributed by atoms with Gasteiger partial charge in [-0.2, -0.15) is 0 Å². The second-order valence-corrected chi connectivity index (χ2v) is 6.37. The van der Waals surface area contributed by atoms with E-state index in [1.54, 1.807) is 18.3 Å². The van der Waals surface area contributed by atoms with Crippen molar-refractivity contribution in [2.75, 3.05) is 0 Å². The number of hydrogen-bond acceptors (Lipinski definition) is 3. The van der Waals surface area contributed by atoms with Gasteiger partial charge in [0.1, 0.15) is 11.4 Å². The van der Waals surface area contributed by atoms with E-state index in [-0.39, 0.29) is 17.3 Å². The standard InChI is InChI=1S/C22H14N2O2/c25-21-16-10-6-12-23-19(16)22(26)20-18(21)15-9-4-5-11-17(15)24(20)13-14-7-2-1-3-8-14/h1-12H,13H2. The van der Waals surface area contributed by atoms with Gasteiger partial charge in [-0.1, -0.05) is 48.5 Å². The predicted molar refractivity (Wildman–Crippen MR) is 98.6 cm³/mol. The van der Waals surface area contributed by atoms with Gasteiger partial charge in [0.05, 0.1) is 11.1 Å². The Morgan fingerprint density at radius 2 is 1.58 bits per heavy atom. The summed E-state index contributed by atoms with van der Waals surface area (Å²) in [7, 11) is 0. The lowest BCUT2D eigenvalue weighted by Crippen LogP contribution is -2.24. The maximum Gasteiger partial charge on any atom is 0.229 e. The van der Waals surface area contributed by atoms with Crippen molar-refractivity contribution in [2.45, 2.75) is 6.54 Å². The van der Waals surface area contributed by atoms with Crippen molar-refractivity contribution in [2.24, 2.45) is 0 Å². The summed E-state index contributed by atoms with van der Waals surface area (Å²) in [4.78, 5) is 30.5. The molecular formula is C22H14N2O2. The molecule has 0 saturated heterocycles. The van der Waals surface area contributed by atoms with Crippen molar-refractivity contribution >= 4 is 22.5 Å². The van der Waals surface area contributed by atoms with E-state index >= 15 is 0 Å². The Morgan fingerprint density at radius 3 is 2.42 bits per heavy atom. The second-order valence-electron chi connectivity index (χ2n) is 6.37. The Morgan fingerprint density at radius 1 is 0.808 bits per heavy atom. The molecule has 0 amide bonds. The number of carbonyl (C=O) groups is 2. The molecule has 0 unspecified atom stereocenters. The molecule has 2 aromatic heterocycles. The smallest absolute Gasteiger partial charge is 0.229 e. The third-order valence-corrected chi connectivity index (χ3v) is 4.86. The monoisotopic (exact) mass is 338 g/mol. The first-order valence-electron chi connectivity index (χ1n) is 8.45. The van der Waals surface area contributed by atoms with Crippen LogP contribution in [0.4, 0.5) is 0 Å². The lowest BCUT2D eigenvalue weighted by atomic mass is 9.90. The van der Waals surface area contributed by atoms with Crippen LogP contribution in [-0.4, -0.2) is 21.1 Å². The molecule has 0 radical (unpaired) electrons. The van der Waals surface area contributed by atoms with Gasteiger partial charge in [0.15, 0.2) is 5.78 Å². The number of benzene rings is 2. The first kappa shape index (κ1) is 14.8. The van der Waals surface area contributed by atoms with E-state index in [1.165, 1.54) is 0 Å². The third kappa shape index (κ3) is 1.99. The minimum atomic E-state index is -0.192. The van der Waals surface area contributed by atoms with Gasteiger partial charge in [-0.05, 0) is 23.8 Å². The van der Waals surface area contributed by atoms with E-state index in [0.29, 0.717) is 23.4 Å². The molecule has 2 heterocycles. The maximum absolute atomic E-state index is 13.2. The van der Waals surface area contributed by atoms with Crippen LogP contribution in [0.2, 0.25) is 0 Å². The fourth-order valence-electron chi connectivity index (χ4n) is 3.72. The number of pyridine rings is 1. The number of rotatable bonds is 2. The van der Waals surface area contributed by atoms with E-state index in [0.717, 1.165) is 16.5 Å². The van der Waals surface area contributed by atoms with Crippen LogP contribution in [0.25, 0.3) is 10.9 Å². The van der Waals surface area contributed by atoms with Crippen molar-refractivity contribution in [3.63, 3.8) is 0 Å². The number of nitrogens with zero attached hydrogens (tertiary/aromatic N) is 2. The molecule has 0 N–H and O–H groups in total. The normalized spacial score (nSPS) is 12.9. The van der Waals surface area contributed by atoms with Crippen LogP contribution in [0.15, 0.2) is 72.9 Å². The summed E-state index contributed by atoms with van der Waals surface area (Å²) < 4.78 is 1.94. The highest BCUT2D eigenvalue weighted by Gasteiger charge is 2.36. The van der Waals surface area contributed by atoms with Gasteiger partial charge in [-0.3, -0.25) is 14.6 Å². The second kappa shape index (κ2) is 5.49. The summed E-state index contributed by atoms with van der Waals surface area (Å²) in [5.41, 5.74) is 3.50. The average Bonchev–Trinajstić information content (AvgIpc) is 3.02. The van der Waals surface area contributed by atoms with Gasteiger partial charge < -0.3 is 4.57 Å². The summed E-state index contributed by atoms with van der Waals surface area (Å²) in [6.45, 7) is 0.526. The minimum absolute atomic E-state index is 0.134. The topological polar surface area (TPSA) is 52.0 Å². The van der Waals surface area contributed by atoms with Crippen molar-refractivity contribution in [3.8, 4) is 0 Å². The summed E-state index contributed by atoms with van der Waals surface area (Å²) in [5.74, 6) is -0.326. The molecule has 0 bridgehead atoms. The van der Waals surface area contributed by atoms with Crippen LogP contribution in [0, 0.1) is 0 Å². The van der Waals surface area contributed by atoms with E-state index in [4.69, 9.17) is 0 Å². The highest BCUT2D eigenvalue weighted by molar-refractivity contribution is 6.31. The Hall–Kier alpha value is -3.53. The van der Waals surface area contributed by atoms with E-state index in [1.807, 2.05) is 59.2 Å². The lowest BCUT2D eigenvalue weighted by molar-refractivity contribution is 0.0971. The summed E-state index contributed by atoms with van der Waals surface area (Å²) >= 11 is 0. The van der Waals surface area contributed by atoms with Crippen molar-refractivity contribution < 1.29 is 9.59 Å². The molecule has 0 atom stereocenters. The largest absolute Gasteiger partial charge is 0.333 e. The molecule has 0 spiro atoms. The van der Waals surface area contributed by atoms with Crippen LogP contribution in [0.5, 0.6) is 0 Å². The molecule has 0 saturated carbocycles. The number of fused-ring (bicyclic) bond motifs is 4. The van der Waals surface area contributed by atoms with Crippen LogP contribution in [0.3, 0.4) is 0 Å². The molecular weight excluding hydrogens is 324 g/mol. The van der Waals surface area contributed by atoms with Crippen LogP contribution >= 0.6 is 0 Å². The van der Waals surface area contributed by atoms with Crippen LogP contribution < -0.4 is 0 Å². The minimum Gasteiger partial charge on any atom is -0.333 e. The number of para-hydroxylation sites is 1. The molecule has 26 heavy (non-hydrogen) atoms. The maximum atomic E-state index is 13.2. The van der Waals surface area contributed by atoms with E-state index in [2.05, 4.69) is 4.98 Å². The molecule has 1 aliphatic rings. The van der Waals surface area contributed by atoms with Crippen molar-refractivity contribution in [1.29, 1.82) is 0 Å². The first-order valence-corrected chi connectivity index (χ1v) is 8.45. The van der Waals surface area contributed by atoms with E-state index in [9.17, 15) is 9.59 Å². The predicted octanol–water partition coefficient (Wildman–Crippen LogP) is 3.86. The highest BCUT2D eigenvalue weighted by atomic mass is 16.1. The fourth-order valence-corrected chi connectivity index (χ4v) is 3.72. The zero-order valence-electron chi connectivity index (χ0n) is 13.8. The first-order chi connectivity index (χ1) is 12.8. The summed E-state index contributed by atoms with van der Waals surface area (Å²) in [6.07, 6.45) is 1.55. The van der Waals surface area contributed by atoms with Gasteiger partial charge in [-0.15, -0.1) is 0 Å². The van der Waals surface area contributed by atoms with Gasteiger partial charge in [0.25, 0.3) is 0 Å². The number of aromatic nitrogens is 2. The SMILES string of the molecule is O=C1c2cccnc2C(=O)c2c1c1ccccc1n2Cc1ccccc1. The zero-order valence-corrected chi connectivity index (χ0v) is 13.8. The zero-order chi connectivity index (χ0) is 17.7. The molecule has 4 aromatic rings. The third-order valence-electron chi connectivity index (χ3n) is 4.86. The number of hydrogen-bond donors (Lipinski definition) is 0. The molecule has 0 aliphatic heterocycles. The Labute approximate surface area is 149 Å². The highest BCUT2D eigenvalue weighted by Crippen LogP contribution is 2.34. The molecule has 1 aliphatic carbocycles.